The summed E-state index contributed by atoms with van der Waals surface area (Å²) in [6, 6.07) is 0. The number of carbonyl (C=O) groups excluding carboxylic acids is 2. The highest BCUT2D eigenvalue weighted by Crippen LogP contribution is 2.23. The minimum atomic E-state index is -1.59. The van der Waals surface area contributed by atoms with Crippen LogP contribution in [0.4, 0.5) is 0 Å². The molecule has 1 fully saturated rings. The zero-order valence-electron chi connectivity index (χ0n) is 39.4. The molecule has 4 N–H and O–H groups in total. The summed E-state index contributed by atoms with van der Waals surface area (Å²) in [6.45, 7) is 3.45. The molecule has 0 saturated carbocycles. The van der Waals surface area contributed by atoms with Crippen molar-refractivity contribution in [3.05, 3.63) is 12.2 Å². The van der Waals surface area contributed by atoms with Crippen molar-refractivity contribution in [3.63, 3.8) is 0 Å². The highest BCUT2D eigenvalue weighted by Gasteiger charge is 2.44. The molecule has 1 aliphatic heterocycles. The predicted octanol–water partition coefficient (Wildman–Crippen LogP) is 11.9. The highest BCUT2D eigenvalue weighted by atomic mass is 16.7. The lowest BCUT2D eigenvalue weighted by Gasteiger charge is -2.39. The van der Waals surface area contributed by atoms with E-state index < -0.39 is 49.4 Å². The number of aliphatic hydroxyl groups is 4. The number of hydrogen-bond donors (Lipinski definition) is 4. The van der Waals surface area contributed by atoms with Crippen molar-refractivity contribution in [2.75, 3.05) is 19.8 Å². The molecule has 0 aliphatic carbocycles. The van der Waals surface area contributed by atoms with Crippen molar-refractivity contribution in [3.8, 4) is 0 Å². The van der Waals surface area contributed by atoms with Crippen molar-refractivity contribution in [1.29, 1.82) is 0 Å². The van der Waals surface area contributed by atoms with Gasteiger partial charge >= 0.3 is 11.9 Å². The molecular formula is C51H96O10. The number of unbranched alkanes of at least 4 members (excludes halogenated alkanes) is 31. The van der Waals surface area contributed by atoms with Gasteiger partial charge in [-0.3, -0.25) is 9.59 Å². The zero-order valence-corrected chi connectivity index (χ0v) is 39.4. The normalized spacial score (nSPS) is 19.7. The molecule has 2 unspecified atom stereocenters. The number of allylic oxidation sites excluding steroid dienone is 2. The van der Waals surface area contributed by atoms with Crippen molar-refractivity contribution < 1.29 is 49.0 Å². The molecule has 10 nitrogen and oxygen atoms in total. The van der Waals surface area contributed by atoms with Crippen LogP contribution in [0.2, 0.25) is 0 Å². The first-order valence-electron chi connectivity index (χ1n) is 25.8. The lowest BCUT2D eigenvalue weighted by Crippen LogP contribution is -2.59. The first kappa shape index (κ1) is 57.5. The van der Waals surface area contributed by atoms with Gasteiger partial charge in [0.05, 0.1) is 13.2 Å². The number of hydrogen-bond acceptors (Lipinski definition) is 10. The van der Waals surface area contributed by atoms with Crippen LogP contribution in [0.3, 0.4) is 0 Å². The fraction of sp³-hybridized carbons (Fsp3) is 0.922. The van der Waals surface area contributed by atoms with Crippen LogP contribution in [-0.4, -0.2) is 89.0 Å². The molecule has 360 valence electrons. The number of ether oxygens (including phenoxy) is 4. The molecule has 1 heterocycles. The van der Waals surface area contributed by atoms with Gasteiger partial charge in [-0.25, -0.2) is 0 Å². The van der Waals surface area contributed by atoms with Gasteiger partial charge in [0.2, 0.25) is 0 Å². The fourth-order valence-electron chi connectivity index (χ4n) is 8.07. The lowest BCUT2D eigenvalue weighted by molar-refractivity contribution is -0.305. The van der Waals surface area contributed by atoms with Crippen LogP contribution in [-0.2, 0) is 28.5 Å². The van der Waals surface area contributed by atoms with Crippen LogP contribution >= 0.6 is 0 Å². The van der Waals surface area contributed by atoms with Gasteiger partial charge in [-0.1, -0.05) is 206 Å². The SMILES string of the molecule is CCCCCC/C=C/CCCCCCCCCC(=O)OC[C@H](CO[C@@H]1O[C@H](CO)[C@H](O)C(O)C1O)OC(=O)CCCCCCCCCCCCCCCCCCCCCCC. The van der Waals surface area contributed by atoms with Gasteiger partial charge in [-0.15, -0.1) is 0 Å². The Labute approximate surface area is 373 Å². The molecule has 1 rings (SSSR count). The maximum absolute atomic E-state index is 12.8. The van der Waals surface area contributed by atoms with E-state index in [1.54, 1.807) is 0 Å². The summed E-state index contributed by atoms with van der Waals surface area (Å²) in [6.07, 6.45) is 39.3. The van der Waals surface area contributed by atoms with E-state index in [2.05, 4.69) is 26.0 Å². The molecule has 0 aromatic carbocycles. The molecule has 61 heavy (non-hydrogen) atoms. The fourth-order valence-corrected chi connectivity index (χ4v) is 8.07. The monoisotopic (exact) mass is 869 g/mol. The van der Waals surface area contributed by atoms with Crippen LogP contribution in [0.5, 0.6) is 0 Å². The molecule has 1 saturated heterocycles. The maximum atomic E-state index is 12.8. The predicted molar refractivity (Wildman–Crippen MR) is 247 cm³/mol. The van der Waals surface area contributed by atoms with Crippen molar-refractivity contribution in [2.24, 2.45) is 0 Å². The quantitative estimate of drug-likeness (QED) is 0.0264. The molecule has 0 aromatic rings. The van der Waals surface area contributed by atoms with Crippen LogP contribution in [0.15, 0.2) is 12.2 Å². The number of carbonyl (C=O) groups is 2. The molecular weight excluding hydrogens is 773 g/mol. The van der Waals surface area contributed by atoms with Gasteiger partial charge in [-0.05, 0) is 38.5 Å². The zero-order chi connectivity index (χ0) is 44.4. The van der Waals surface area contributed by atoms with E-state index in [4.69, 9.17) is 18.9 Å². The third-order valence-electron chi connectivity index (χ3n) is 12.2. The Bertz CT molecular complexity index is 1010. The largest absolute Gasteiger partial charge is 0.462 e. The van der Waals surface area contributed by atoms with Gasteiger partial charge < -0.3 is 39.4 Å². The second-order valence-electron chi connectivity index (χ2n) is 18.0. The Kier molecular flexibility index (Phi) is 39.9. The molecule has 0 radical (unpaired) electrons. The number of aliphatic hydroxyl groups excluding tert-OH is 4. The topological polar surface area (TPSA) is 152 Å². The number of esters is 2. The standard InChI is InChI=1S/C51H96O10/c1-3-5-7-9-11-13-15-17-19-20-21-22-23-24-26-28-30-32-34-36-38-40-47(54)60-44(43-59-51-50(57)49(56)48(55)45(41-52)61-51)42-58-46(53)39-37-35-33-31-29-27-25-18-16-14-12-10-8-6-4-2/h14,16,44-45,48-52,55-57H,3-13,15,17-43H2,1-2H3/b16-14+/t44-,45-,48+,49?,50?,51-/m1/s1. The summed E-state index contributed by atoms with van der Waals surface area (Å²) in [5.41, 5.74) is 0. The van der Waals surface area contributed by atoms with Gasteiger partial charge in [0.15, 0.2) is 12.4 Å². The average Bonchev–Trinajstić information content (AvgIpc) is 3.26. The number of rotatable bonds is 44. The van der Waals surface area contributed by atoms with E-state index in [9.17, 15) is 30.0 Å². The van der Waals surface area contributed by atoms with Crippen LogP contribution in [0.25, 0.3) is 0 Å². The highest BCUT2D eigenvalue weighted by molar-refractivity contribution is 5.70. The van der Waals surface area contributed by atoms with Gasteiger partial charge in [-0.2, -0.15) is 0 Å². The summed E-state index contributed by atoms with van der Waals surface area (Å²) < 4.78 is 22.2. The van der Waals surface area contributed by atoms with E-state index in [0.717, 1.165) is 51.4 Å². The van der Waals surface area contributed by atoms with Gasteiger partial charge in [0.1, 0.15) is 31.0 Å². The van der Waals surface area contributed by atoms with Crippen LogP contribution < -0.4 is 0 Å². The molecule has 6 atom stereocenters. The van der Waals surface area contributed by atoms with Crippen molar-refractivity contribution in [2.45, 2.75) is 282 Å². The Hall–Kier alpha value is -1.56. The van der Waals surface area contributed by atoms with E-state index in [-0.39, 0.29) is 32.0 Å². The molecule has 0 spiro atoms. The lowest BCUT2D eigenvalue weighted by atomic mass is 9.99. The summed E-state index contributed by atoms with van der Waals surface area (Å²) in [5, 5.41) is 40.2. The third kappa shape index (κ3) is 33.6. The van der Waals surface area contributed by atoms with E-state index >= 15 is 0 Å². The van der Waals surface area contributed by atoms with E-state index in [1.165, 1.54) is 161 Å². The van der Waals surface area contributed by atoms with Gasteiger partial charge in [0.25, 0.3) is 0 Å². The second kappa shape index (κ2) is 42.4. The Morgan fingerprint density at radius 3 is 1.30 bits per heavy atom. The Morgan fingerprint density at radius 2 is 0.869 bits per heavy atom. The van der Waals surface area contributed by atoms with Crippen LogP contribution in [0, 0.1) is 0 Å². The summed E-state index contributed by atoms with van der Waals surface area (Å²) in [4.78, 5) is 25.4. The average molecular weight is 869 g/mol. The Balaban J connectivity index is 2.24. The molecule has 0 aromatic heterocycles. The Morgan fingerprint density at radius 1 is 0.492 bits per heavy atom. The van der Waals surface area contributed by atoms with Crippen molar-refractivity contribution >= 4 is 11.9 Å². The summed E-state index contributed by atoms with van der Waals surface area (Å²) in [7, 11) is 0. The van der Waals surface area contributed by atoms with Crippen molar-refractivity contribution in [1.82, 2.24) is 0 Å². The van der Waals surface area contributed by atoms with Crippen LogP contribution in [0.1, 0.15) is 245 Å². The minimum Gasteiger partial charge on any atom is -0.462 e. The summed E-state index contributed by atoms with van der Waals surface area (Å²) >= 11 is 0. The molecule has 1 aliphatic rings. The third-order valence-corrected chi connectivity index (χ3v) is 12.2. The maximum Gasteiger partial charge on any atom is 0.306 e. The smallest absolute Gasteiger partial charge is 0.306 e. The van der Waals surface area contributed by atoms with Gasteiger partial charge in [0, 0.05) is 12.8 Å². The molecule has 10 heteroatoms. The van der Waals surface area contributed by atoms with E-state index in [1.807, 2.05) is 0 Å². The molecule has 0 bridgehead atoms. The first-order chi connectivity index (χ1) is 29.8. The first-order valence-corrected chi connectivity index (χ1v) is 25.8. The minimum absolute atomic E-state index is 0.214. The van der Waals surface area contributed by atoms with E-state index in [0.29, 0.717) is 6.42 Å². The summed E-state index contributed by atoms with van der Waals surface area (Å²) in [5.74, 6) is -0.797. The molecule has 0 amide bonds. The second-order valence-corrected chi connectivity index (χ2v) is 18.0.